The Labute approximate surface area is 175 Å². The molecule has 0 atom stereocenters. The van der Waals surface area contributed by atoms with Gasteiger partial charge in [0.2, 0.25) is 10.0 Å². The van der Waals surface area contributed by atoms with E-state index in [0.29, 0.717) is 37.7 Å². The summed E-state index contributed by atoms with van der Waals surface area (Å²) < 4.78 is 33.8. The van der Waals surface area contributed by atoms with Crippen LogP contribution in [0.1, 0.15) is 54.3 Å². The maximum atomic E-state index is 12.7. The van der Waals surface area contributed by atoms with Crippen LogP contribution in [-0.4, -0.2) is 65.1 Å². The largest absolute Gasteiger partial charge is 0.379 e. The fourth-order valence-electron chi connectivity index (χ4n) is 3.91. The predicted molar refractivity (Wildman–Crippen MR) is 107 cm³/mol. The number of nitrogens with zero attached hydrogens (tertiary/aromatic N) is 5. The van der Waals surface area contributed by atoms with Crippen LogP contribution in [0.5, 0.6) is 0 Å². The van der Waals surface area contributed by atoms with Crippen molar-refractivity contribution in [2.75, 3.05) is 26.3 Å². The minimum absolute atomic E-state index is 0.169. The number of carbonyl (C=O) groups is 1. The van der Waals surface area contributed by atoms with Crippen LogP contribution in [0.3, 0.4) is 0 Å². The molecule has 1 N–H and O–H groups in total. The summed E-state index contributed by atoms with van der Waals surface area (Å²) >= 11 is 0. The van der Waals surface area contributed by atoms with Gasteiger partial charge in [0.15, 0.2) is 5.82 Å². The second-order valence-corrected chi connectivity index (χ2v) is 9.49. The Balaban J connectivity index is 1.38. The number of carbonyl (C=O) groups excluding carboxylic acids is 1. The maximum Gasteiger partial charge on any atom is 0.251 e. The zero-order valence-corrected chi connectivity index (χ0v) is 17.6. The van der Waals surface area contributed by atoms with Crippen molar-refractivity contribution in [2.24, 2.45) is 0 Å². The van der Waals surface area contributed by atoms with Gasteiger partial charge in [0.05, 0.1) is 30.7 Å². The van der Waals surface area contributed by atoms with Crippen molar-refractivity contribution in [3.8, 4) is 0 Å². The number of rotatable bonds is 6. The molecule has 162 valence electrons. The van der Waals surface area contributed by atoms with Gasteiger partial charge in [0, 0.05) is 18.7 Å². The standard InChI is InChI=1S/C19H26N6O4S/c26-19(20-14-18-21-22-23-25(18)16-4-2-1-3-5-16)15-6-8-17(9-7-15)30(27,28)24-10-12-29-13-11-24/h6-9,16H,1-5,10-14H2,(H,20,26). The average Bonchev–Trinajstić information content (AvgIpc) is 3.27. The van der Waals surface area contributed by atoms with Gasteiger partial charge in [0.1, 0.15) is 0 Å². The molecule has 0 bridgehead atoms. The third-order valence-corrected chi connectivity index (χ3v) is 7.53. The van der Waals surface area contributed by atoms with E-state index >= 15 is 0 Å². The lowest BCUT2D eigenvalue weighted by Gasteiger charge is -2.26. The molecule has 11 heteroatoms. The molecule has 2 fully saturated rings. The molecule has 1 aromatic heterocycles. The molecule has 0 unspecified atom stereocenters. The lowest BCUT2D eigenvalue weighted by molar-refractivity contribution is 0.0730. The molecule has 0 radical (unpaired) electrons. The van der Waals surface area contributed by atoms with Crippen LogP contribution in [0.4, 0.5) is 0 Å². The van der Waals surface area contributed by atoms with Crippen molar-refractivity contribution < 1.29 is 17.9 Å². The Morgan fingerprint density at radius 3 is 2.50 bits per heavy atom. The van der Waals surface area contributed by atoms with Crippen molar-refractivity contribution >= 4 is 15.9 Å². The fraction of sp³-hybridized carbons (Fsp3) is 0.579. The first-order chi connectivity index (χ1) is 14.6. The second kappa shape index (κ2) is 9.19. The van der Waals surface area contributed by atoms with E-state index < -0.39 is 10.0 Å². The number of amides is 1. The van der Waals surface area contributed by atoms with Crippen molar-refractivity contribution in [3.63, 3.8) is 0 Å². The Morgan fingerprint density at radius 2 is 1.80 bits per heavy atom. The first-order valence-electron chi connectivity index (χ1n) is 10.3. The predicted octanol–water partition coefficient (Wildman–Crippen LogP) is 1.13. The fourth-order valence-corrected chi connectivity index (χ4v) is 5.32. The second-order valence-electron chi connectivity index (χ2n) is 7.56. The van der Waals surface area contributed by atoms with Gasteiger partial charge in [-0.25, -0.2) is 13.1 Å². The van der Waals surface area contributed by atoms with Gasteiger partial charge in [-0.15, -0.1) is 5.10 Å². The summed E-state index contributed by atoms with van der Waals surface area (Å²) in [4.78, 5) is 12.7. The van der Waals surface area contributed by atoms with Gasteiger partial charge in [-0.1, -0.05) is 19.3 Å². The molecule has 1 aliphatic carbocycles. The summed E-state index contributed by atoms with van der Waals surface area (Å²) in [6, 6.07) is 6.25. The van der Waals surface area contributed by atoms with Crippen LogP contribution >= 0.6 is 0 Å². The number of nitrogens with one attached hydrogen (secondary N) is 1. The van der Waals surface area contributed by atoms with E-state index in [2.05, 4.69) is 20.8 Å². The number of morpholine rings is 1. The minimum Gasteiger partial charge on any atom is -0.379 e. The normalized spacial score (nSPS) is 18.9. The molecule has 10 nitrogen and oxygen atoms in total. The van der Waals surface area contributed by atoms with E-state index in [1.165, 1.54) is 35.0 Å². The molecule has 2 aromatic rings. The number of sulfonamides is 1. The summed E-state index contributed by atoms with van der Waals surface area (Å²) in [6.07, 6.45) is 5.66. The number of hydrogen-bond acceptors (Lipinski definition) is 7. The van der Waals surface area contributed by atoms with Gasteiger partial charge in [-0.3, -0.25) is 4.79 Å². The van der Waals surface area contributed by atoms with Crippen molar-refractivity contribution in [1.29, 1.82) is 0 Å². The lowest BCUT2D eigenvalue weighted by atomic mass is 9.95. The monoisotopic (exact) mass is 434 g/mol. The zero-order chi connectivity index (χ0) is 21.0. The van der Waals surface area contributed by atoms with Crippen LogP contribution in [0.25, 0.3) is 0 Å². The number of ether oxygens (including phenoxy) is 1. The van der Waals surface area contributed by atoms with Gasteiger partial charge in [0.25, 0.3) is 5.91 Å². The molecule has 1 aromatic carbocycles. The Bertz CT molecular complexity index is 963. The van der Waals surface area contributed by atoms with Crippen LogP contribution in [0.2, 0.25) is 0 Å². The smallest absolute Gasteiger partial charge is 0.251 e. The minimum atomic E-state index is -3.58. The van der Waals surface area contributed by atoms with Crippen molar-refractivity contribution in [1.82, 2.24) is 29.8 Å². The van der Waals surface area contributed by atoms with Crippen molar-refractivity contribution in [3.05, 3.63) is 35.7 Å². The zero-order valence-electron chi connectivity index (χ0n) is 16.7. The van der Waals surface area contributed by atoms with E-state index in [9.17, 15) is 13.2 Å². The lowest BCUT2D eigenvalue weighted by Crippen LogP contribution is -2.40. The third-order valence-electron chi connectivity index (χ3n) is 5.61. The summed E-state index contributed by atoms with van der Waals surface area (Å²) in [5.74, 6) is 0.324. The molecular weight excluding hydrogens is 408 g/mol. The molecule has 1 aliphatic heterocycles. The van der Waals surface area contributed by atoms with E-state index in [1.807, 2.05) is 4.68 Å². The number of hydrogen-bond donors (Lipinski definition) is 1. The third kappa shape index (κ3) is 4.52. The number of benzene rings is 1. The molecule has 1 saturated heterocycles. The SMILES string of the molecule is O=C(NCc1nnnn1C1CCCCC1)c1ccc(S(=O)(=O)N2CCOCC2)cc1. The highest BCUT2D eigenvalue weighted by molar-refractivity contribution is 7.89. The molecule has 1 saturated carbocycles. The van der Waals surface area contributed by atoms with Crippen LogP contribution < -0.4 is 5.32 Å². The Kier molecular flexibility index (Phi) is 6.40. The van der Waals surface area contributed by atoms with Gasteiger partial charge in [-0.05, 0) is 47.5 Å². The van der Waals surface area contributed by atoms with E-state index in [-0.39, 0.29) is 23.4 Å². The number of tetrazole rings is 1. The highest BCUT2D eigenvalue weighted by atomic mass is 32.2. The molecule has 30 heavy (non-hydrogen) atoms. The summed E-state index contributed by atoms with van der Waals surface area (Å²) in [7, 11) is -3.58. The van der Waals surface area contributed by atoms with Crippen LogP contribution in [0.15, 0.2) is 29.2 Å². The van der Waals surface area contributed by atoms with E-state index in [4.69, 9.17) is 4.74 Å². The topological polar surface area (TPSA) is 119 Å². The molecule has 1 amide bonds. The number of aromatic nitrogens is 4. The molecule has 2 heterocycles. The van der Waals surface area contributed by atoms with Crippen LogP contribution in [0, 0.1) is 0 Å². The van der Waals surface area contributed by atoms with Crippen molar-refractivity contribution in [2.45, 2.75) is 49.6 Å². The Hall–Kier alpha value is -2.37. The first-order valence-corrected chi connectivity index (χ1v) is 11.7. The Morgan fingerprint density at radius 1 is 1.10 bits per heavy atom. The van der Waals surface area contributed by atoms with E-state index in [1.54, 1.807) is 0 Å². The first kappa shape index (κ1) is 20.9. The summed E-state index contributed by atoms with van der Waals surface area (Å²) in [5, 5.41) is 14.7. The highest BCUT2D eigenvalue weighted by Crippen LogP contribution is 2.27. The van der Waals surface area contributed by atoms with Gasteiger partial charge >= 0.3 is 0 Å². The molecule has 2 aliphatic rings. The highest BCUT2D eigenvalue weighted by Gasteiger charge is 2.26. The summed E-state index contributed by atoms with van der Waals surface area (Å²) in [6.45, 7) is 1.66. The maximum absolute atomic E-state index is 12.7. The average molecular weight is 435 g/mol. The molecular formula is C19H26N6O4S. The molecule has 0 spiro atoms. The van der Waals surface area contributed by atoms with Gasteiger partial charge < -0.3 is 10.1 Å². The van der Waals surface area contributed by atoms with Gasteiger partial charge in [-0.2, -0.15) is 4.31 Å². The molecule has 4 rings (SSSR count). The quantitative estimate of drug-likeness (QED) is 0.724. The van der Waals surface area contributed by atoms with Crippen LogP contribution in [-0.2, 0) is 21.3 Å². The van der Waals surface area contributed by atoms with E-state index in [0.717, 1.165) is 25.7 Å². The summed E-state index contributed by atoms with van der Waals surface area (Å²) in [5.41, 5.74) is 0.382.